The molecule has 0 amide bonds. The average Bonchev–Trinajstić information content (AvgIpc) is 2.70. The van der Waals surface area contributed by atoms with Gasteiger partial charge in [-0.1, -0.05) is 0 Å². The number of likely N-dealkylation sites (tertiary alicyclic amines) is 1. The van der Waals surface area contributed by atoms with Crippen LogP contribution in [0.3, 0.4) is 0 Å². The minimum Gasteiger partial charge on any atom is -0.399 e. The fraction of sp³-hybridized carbons (Fsp3) is 0.722. The zero-order valence-electron chi connectivity index (χ0n) is 15.8. The van der Waals surface area contributed by atoms with Gasteiger partial charge in [0.05, 0.1) is 11.2 Å². The molecule has 0 unspecified atom stereocenters. The summed E-state index contributed by atoms with van der Waals surface area (Å²) in [5.41, 5.74) is 1.52. The van der Waals surface area contributed by atoms with E-state index >= 15 is 0 Å². The van der Waals surface area contributed by atoms with Crippen LogP contribution in [0.5, 0.6) is 0 Å². The normalized spacial score (nSPS) is 24.3. The Labute approximate surface area is 146 Å². The SMILES string of the molecule is Cc1cc(NC2CCN(C)CC2)ncc1B1OC(C)(C)C(C)(C)O1. The van der Waals surface area contributed by atoms with Gasteiger partial charge in [0.15, 0.2) is 0 Å². The maximum atomic E-state index is 6.14. The molecule has 0 aliphatic carbocycles. The summed E-state index contributed by atoms with van der Waals surface area (Å²) in [5.74, 6) is 0.947. The fourth-order valence-corrected chi connectivity index (χ4v) is 3.22. The van der Waals surface area contributed by atoms with Gasteiger partial charge in [0.1, 0.15) is 5.82 Å². The number of anilines is 1. The van der Waals surface area contributed by atoms with Crippen molar-refractivity contribution in [1.82, 2.24) is 9.88 Å². The summed E-state index contributed by atoms with van der Waals surface area (Å²) in [7, 11) is 1.83. The lowest BCUT2D eigenvalue weighted by atomic mass is 9.77. The second-order valence-corrected chi connectivity index (χ2v) is 8.24. The van der Waals surface area contributed by atoms with Gasteiger partial charge in [0, 0.05) is 17.7 Å². The van der Waals surface area contributed by atoms with Crippen molar-refractivity contribution in [3.05, 3.63) is 17.8 Å². The van der Waals surface area contributed by atoms with Crippen LogP contribution in [0.4, 0.5) is 5.82 Å². The molecule has 2 fully saturated rings. The van der Waals surface area contributed by atoms with Crippen molar-refractivity contribution in [3.63, 3.8) is 0 Å². The van der Waals surface area contributed by atoms with Gasteiger partial charge >= 0.3 is 7.12 Å². The minimum atomic E-state index is -0.347. The van der Waals surface area contributed by atoms with Crippen LogP contribution in [0, 0.1) is 6.92 Å². The first-order valence-corrected chi connectivity index (χ1v) is 8.95. The van der Waals surface area contributed by atoms with Crippen molar-refractivity contribution in [1.29, 1.82) is 0 Å². The number of aryl methyl sites for hydroxylation is 1. The van der Waals surface area contributed by atoms with Crippen molar-refractivity contribution in [2.24, 2.45) is 0 Å². The van der Waals surface area contributed by atoms with Crippen LogP contribution in [0.25, 0.3) is 0 Å². The average molecular weight is 331 g/mol. The summed E-state index contributed by atoms with van der Waals surface area (Å²) >= 11 is 0. The van der Waals surface area contributed by atoms with Crippen LogP contribution in [-0.4, -0.2) is 54.4 Å². The highest BCUT2D eigenvalue weighted by molar-refractivity contribution is 6.62. The lowest BCUT2D eigenvalue weighted by molar-refractivity contribution is 0.00578. The maximum absolute atomic E-state index is 6.14. The molecule has 2 saturated heterocycles. The lowest BCUT2D eigenvalue weighted by Gasteiger charge is -2.32. The smallest absolute Gasteiger partial charge is 0.399 e. The van der Waals surface area contributed by atoms with E-state index in [1.54, 1.807) is 0 Å². The molecule has 1 aromatic heterocycles. The summed E-state index contributed by atoms with van der Waals surface area (Å²) in [6.07, 6.45) is 4.22. The molecular formula is C18H30BN3O2. The van der Waals surface area contributed by atoms with Gasteiger partial charge in [0.2, 0.25) is 0 Å². The molecule has 1 N–H and O–H groups in total. The summed E-state index contributed by atoms with van der Waals surface area (Å²) in [6.45, 7) is 12.7. The molecule has 2 aliphatic rings. The highest BCUT2D eigenvalue weighted by Crippen LogP contribution is 2.36. The zero-order valence-corrected chi connectivity index (χ0v) is 15.8. The highest BCUT2D eigenvalue weighted by Gasteiger charge is 2.52. The molecule has 0 radical (unpaired) electrons. The van der Waals surface area contributed by atoms with Crippen LogP contribution in [0.2, 0.25) is 0 Å². The third-order valence-electron chi connectivity index (χ3n) is 5.73. The molecule has 132 valence electrons. The first-order chi connectivity index (χ1) is 11.2. The Kier molecular flexibility index (Phi) is 4.66. The van der Waals surface area contributed by atoms with E-state index in [0.717, 1.165) is 42.8 Å². The highest BCUT2D eigenvalue weighted by atomic mass is 16.7. The molecule has 0 bridgehead atoms. The number of nitrogens with one attached hydrogen (secondary N) is 1. The lowest BCUT2D eigenvalue weighted by Crippen LogP contribution is -2.41. The minimum absolute atomic E-state index is 0.324. The number of hydrogen-bond acceptors (Lipinski definition) is 5. The van der Waals surface area contributed by atoms with Crippen molar-refractivity contribution < 1.29 is 9.31 Å². The van der Waals surface area contributed by atoms with E-state index in [9.17, 15) is 0 Å². The molecule has 1 aromatic rings. The molecule has 24 heavy (non-hydrogen) atoms. The van der Waals surface area contributed by atoms with Crippen molar-refractivity contribution in [2.75, 3.05) is 25.5 Å². The Balaban J connectivity index is 1.69. The third-order valence-corrected chi connectivity index (χ3v) is 5.73. The number of rotatable bonds is 3. The van der Waals surface area contributed by atoms with Crippen LogP contribution in [-0.2, 0) is 9.31 Å². The van der Waals surface area contributed by atoms with Gasteiger partial charge in [-0.25, -0.2) is 4.98 Å². The predicted molar refractivity (Wildman–Crippen MR) is 98.8 cm³/mol. The number of pyridine rings is 1. The summed E-state index contributed by atoms with van der Waals surface area (Å²) in [4.78, 5) is 6.98. The third kappa shape index (κ3) is 3.46. The summed E-state index contributed by atoms with van der Waals surface area (Å²) in [6, 6.07) is 2.62. The summed E-state index contributed by atoms with van der Waals surface area (Å²) in [5, 5.41) is 3.57. The first-order valence-electron chi connectivity index (χ1n) is 8.95. The maximum Gasteiger partial charge on any atom is 0.496 e. The van der Waals surface area contributed by atoms with E-state index in [0.29, 0.717) is 6.04 Å². The molecule has 0 atom stereocenters. The van der Waals surface area contributed by atoms with E-state index in [2.05, 4.69) is 62.9 Å². The predicted octanol–water partition coefficient (Wildman–Crippen LogP) is 2.20. The second kappa shape index (κ2) is 6.32. The number of aromatic nitrogens is 1. The van der Waals surface area contributed by atoms with Gasteiger partial charge in [0.25, 0.3) is 0 Å². The van der Waals surface area contributed by atoms with Gasteiger partial charge in [-0.05, 0) is 79.2 Å². The molecule has 5 nitrogen and oxygen atoms in total. The van der Waals surface area contributed by atoms with E-state index in [-0.39, 0.29) is 18.3 Å². The molecule has 0 aromatic carbocycles. The Morgan fingerprint density at radius 1 is 1.17 bits per heavy atom. The van der Waals surface area contributed by atoms with Crippen molar-refractivity contribution in [3.8, 4) is 0 Å². The molecule has 3 heterocycles. The van der Waals surface area contributed by atoms with Gasteiger partial charge in [-0.3, -0.25) is 0 Å². The number of piperidine rings is 1. The second-order valence-electron chi connectivity index (χ2n) is 8.24. The Bertz CT molecular complexity index is 582. The monoisotopic (exact) mass is 331 g/mol. The molecule has 2 aliphatic heterocycles. The van der Waals surface area contributed by atoms with Gasteiger partial charge in [-0.15, -0.1) is 0 Å². The molecule has 0 saturated carbocycles. The van der Waals surface area contributed by atoms with Crippen LogP contribution in [0.1, 0.15) is 46.1 Å². The summed E-state index contributed by atoms with van der Waals surface area (Å²) < 4.78 is 12.3. The van der Waals surface area contributed by atoms with Crippen LogP contribution < -0.4 is 10.8 Å². The fourth-order valence-electron chi connectivity index (χ4n) is 3.22. The molecule has 0 spiro atoms. The number of hydrogen-bond donors (Lipinski definition) is 1. The van der Waals surface area contributed by atoms with Gasteiger partial charge in [-0.2, -0.15) is 0 Å². The van der Waals surface area contributed by atoms with E-state index in [1.807, 2.05) is 6.20 Å². The molecule has 3 rings (SSSR count). The van der Waals surface area contributed by atoms with Crippen LogP contribution >= 0.6 is 0 Å². The van der Waals surface area contributed by atoms with Gasteiger partial charge < -0.3 is 19.5 Å². The van der Waals surface area contributed by atoms with Crippen molar-refractivity contribution in [2.45, 2.75) is 64.7 Å². The largest absolute Gasteiger partial charge is 0.496 e. The Morgan fingerprint density at radius 3 is 2.29 bits per heavy atom. The topological polar surface area (TPSA) is 46.6 Å². The molecule has 6 heteroatoms. The van der Waals surface area contributed by atoms with Crippen LogP contribution in [0.15, 0.2) is 12.3 Å². The van der Waals surface area contributed by atoms with Crippen molar-refractivity contribution >= 4 is 18.4 Å². The van der Waals surface area contributed by atoms with E-state index < -0.39 is 0 Å². The zero-order chi connectivity index (χ0) is 17.5. The van der Waals surface area contributed by atoms with E-state index in [1.165, 1.54) is 0 Å². The first kappa shape index (κ1) is 17.7. The quantitative estimate of drug-likeness (QED) is 0.861. The Hall–Kier alpha value is -1.11. The molecular weight excluding hydrogens is 301 g/mol. The Morgan fingerprint density at radius 2 is 1.75 bits per heavy atom. The standard InChI is InChI=1S/C18H30BN3O2/c1-13-11-16(21-14-7-9-22(6)10-8-14)20-12-15(13)19-23-17(2,3)18(4,5)24-19/h11-12,14H,7-10H2,1-6H3,(H,20,21). The van der Waals surface area contributed by atoms with E-state index in [4.69, 9.17) is 9.31 Å². The number of nitrogens with zero attached hydrogens (tertiary/aromatic N) is 2.